The quantitative estimate of drug-likeness (QED) is 0.559. The lowest BCUT2D eigenvalue weighted by Gasteiger charge is -2.11. The standard InChI is InChI=1S/C13H16N2O4/c1-11(15(18)19)13(10-14(16)17)9-5-8-12-6-3-2-4-7-12/h2-8,11,13H,9-10H2,1H3/b8-5+/t11-,13-/m1/s1. The van der Waals surface area contributed by atoms with Crippen LogP contribution in [0.15, 0.2) is 36.4 Å². The summed E-state index contributed by atoms with van der Waals surface area (Å²) in [6, 6.07) is 8.53. The molecular weight excluding hydrogens is 248 g/mol. The molecule has 19 heavy (non-hydrogen) atoms. The monoisotopic (exact) mass is 264 g/mol. The fourth-order valence-electron chi connectivity index (χ4n) is 1.73. The van der Waals surface area contributed by atoms with Crippen LogP contribution in [0.3, 0.4) is 0 Å². The second kappa shape index (κ2) is 7.25. The van der Waals surface area contributed by atoms with Crippen LogP contribution < -0.4 is 0 Å². The highest BCUT2D eigenvalue weighted by Crippen LogP contribution is 2.14. The van der Waals surface area contributed by atoms with Gasteiger partial charge in [0, 0.05) is 16.8 Å². The van der Waals surface area contributed by atoms with Crippen LogP contribution in [0.2, 0.25) is 0 Å². The number of hydrogen-bond donors (Lipinski definition) is 0. The zero-order valence-corrected chi connectivity index (χ0v) is 10.6. The van der Waals surface area contributed by atoms with Crippen LogP contribution in [0.25, 0.3) is 6.08 Å². The third-order valence-corrected chi connectivity index (χ3v) is 2.95. The van der Waals surface area contributed by atoms with Crippen molar-refractivity contribution in [3.8, 4) is 0 Å². The van der Waals surface area contributed by atoms with Crippen molar-refractivity contribution in [2.45, 2.75) is 19.4 Å². The highest BCUT2D eigenvalue weighted by molar-refractivity contribution is 5.48. The molecule has 1 rings (SSSR count). The molecule has 0 spiro atoms. The first-order valence-electron chi connectivity index (χ1n) is 5.97. The van der Waals surface area contributed by atoms with Crippen LogP contribution in [0.5, 0.6) is 0 Å². The van der Waals surface area contributed by atoms with E-state index < -0.39 is 21.8 Å². The SMILES string of the molecule is C[C@H]([C@H](C/C=C/c1ccccc1)C[N+](=O)[O-])[N+](=O)[O-]. The molecule has 0 unspecified atom stereocenters. The molecule has 6 nitrogen and oxygen atoms in total. The summed E-state index contributed by atoms with van der Waals surface area (Å²) in [5, 5.41) is 21.2. The predicted molar refractivity (Wildman–Crippen MR) is 71.9 cm³/mol. The topological polar surface area (TPSA) is 86.3 Å². The molecule has 0 saturated heterocycles. The molecule has 0 aromatic heterocycles. The normalized spacial score (nSPS) is 14.2. The number of rotatable bonds is 7. The minimum atomic E-state index is -0.925. The summed E-state index contributed by atoms with van der Waals surface area (Å²) >= 11 is 0. The van der Waals surface area contributed by atoms with E-state index in [2.05, 4.69) is 0 Å². The van der Waals surface area contributed by atoms with Crippen molar-refractivity contribution < 1.29 is 9.85 Å². The molecule has 0 aliphatic carbocycles. The predicted octanol–water partition coefficient (Wildman–Crippen LogP) is 2.65. The Hall–Kier alpha value is -2.24. The summed E-state index contributed by atoms with van der Waals surface area (Å²) in [4.78, 5) is 20.3. The van der Waals surface area contributed by atoms with Gasteiger partial charge in [-0.05, 0) is 12.0 Å². The lowest BCUT2D eigenvalue weighted by molar-refractivity contribution is -0.551. The summed E-state index contributed by atoms with van der Waals surface area (Å²) in [6.45, 7) is 1.02. The Labute approximate surface area is 111 Å². The Morgan fingerprint density at radius 3 is 2.37 bits per heavy atom. The van der Waals surface area contributed by atoms with Crippen molar-refractivity contribution in [1.82, 2.24) is 0 Å². The lowest BCUT2D eigenvalue weighted by atomic mass is 9.97. The Bertz CT molecular complexity index is 459. The molecule has 0 amide bonds. The van der Waals surface area contributed by atoms with E-state index in [4.69, 9.17) is 0 Å². The summed E-state index contributed by atoms with van der Waals surface area (Å²) < 4.78 is 0. The van der Waals surface area contributed by atoms with Crippen LogP contribution in [0.1, 0.15) is 18.9 Å². The summed E-state index contributed by atoms with van der Waals surface area (Å²) in [6.07, 6.45) is 3.89. The summed E-state index contributed by atoms with van der Waals surface area (Å²) in [5.74, 6) is -0.593. The van der Waals surface area contributed by atoms with E-state index in [0.717, 1.165) is 5.56 Å². The van der Waals surface area contributed by atoms with Gasteiger partial charge >= 0.3 is 0 Å². The van der Waals surface area contributed by atoms with E-state index in [1.165, 1.54) is 6.92 Å². The molecule has 0 saturated carbocycles. The van der Waals surface area contributed by atoms with Crippen LogP contribution >= 0.6 is 0 Å². The summed E-state index contributed by atoms with van der Waals surface area (Å²) in [7, 11) is 0. The number of hydrogen-bond acceptors (Lipinski definition) is 4. The maximum Gasteiger partial charge on any atom is 0.219 e. The van der Waals surface area contributed by atoms with E-state index in [1.54, 1.807) is 6.08 Å². The minimum Gasteiger partial charge on any atom is -0.265 e. The molecule has 1 aromatic carbocycles. The van der Waals surface area contributed by atoms with Gasteiger partial charge in [0.1, 0.15) is 0 Å². The van der Waals surface area contributed by atoms with E-state index >= 15 is 0 Å². The van der Waals surface area contributed by atoms with Crippen molar-refractivity contribution in [2.75, 3.05) is 6.54 Å². The van der Waals surface area contributed by atoms with Gasteiger partial charge in [0.2, 0.25) is 12.6 Å². The maximum atomic E-state index is 10.7. The molecule has 0 fully saturated rings. The number of allylic oxidation sites excluding steroid dienone is 1. The Kier molecular flexibility index (Phi) is 5.66. The Morgan fingerprint density at radius 1 is 1.21 bits per heavy atom. The highest BCUT2D eigenvalue weighted by Gasteiger charge is 2.29. The van der Waals surface area contributed by atoms with E-state index in [0.29, 0.717) is 6.42 Å². The largest absolute Gasteiger partial charge is 0.265 e. The molecule has 6 heteroatoms. The van der Waals surface area contributed by atoms with Gasteiger partial charge in [0.25, 0.3) is 0 Å². The second-order valence-corrected chi connectivity index (χ2v) is 4.35. The van der Waals surface area contributed by atoms with Gasteiger partial charge in [0.05, 0.1) is 5.92 Å². The van der Waals surface area contributed by atoms with Gasteiger partial charge in [-0.15, -0.1) is 0 Å². The molecule has 0 aliphatic heterocycles. The first kappa shape index (κ1) is 14.8. The third-order valence-electron chi connectivity index (χ3n) is 2.95. The molecule has 0 N–H and O–H groups in total. The third kappa shape index (κ3) is 5.29. The molecule has 0 aliphatic rings. The van der Waals surface area contributed by atoms with Crippen molar-refractivity contribution in [2.24, 2.45) is 5.92 Å². The maximum absolute atomic E-state index is 10.7. The van der Waals surface area contributed by atoms with Crippen molar-refractivity contribution >= 4 is 6.08 Å². The van der Waals surface area contributed by atoms with Gasteiger partial charge in [0.15, 0.2) is 0 Å². The van der Waals surface area contributed by atoms with Gasteiger partial charge in [-0.2, -0.15) is 0 Å². The first-order valence-corrected chi connectivity index (χ1v) is 5.97. The van der Waals surface area contributed by atoms with Crippen LogP contribution in [-0.2, 0) is 0 Å². The zero-order valence-electron chi connectivity index (χ0n) is 10.6. The lowest BCUT2D eigenvalue weighted by Crippen LogP contribution is -2.31. The fourth-order valence-corrected chi connectivity index (χ4v) is 1.73. The van der Waals surface area contributed by atoms with Crippen LogP contribution in [0.4, 0.5) is 0 Å². The van der Waals surface area contributed by atoms with E-state index in [9.17, 15) is 20.2 Å². The zero-order chi connectivity index (χ0) is 14.3. The molecular formula is C13H16N2O4. The van der Waals surface area contributed by atoms with Crippen molar-refractivity contribution in [3.05, 3.63) is 62.2 Å². The Morgan fingerprint density at radius 2 is 1.84 bits per heavy atom. The molecule has 0 radical (unpaired) electrons. The molecule has 0 bridgehead atoms. The smallest absolute Gasteiger partial charge is 0.219 e. The van der Waals surface area contributed by atoms with Crippen molar-refractivity contribution in [3.63, 3.8) is 0 Å². The average Bonchev–Trinajstić information content (AvgIpc) is 2.37. The van der Waals surface area contributed by atoms with Crippen LogP contribution in [-0.4, -0.2) is 22.4 Å². The molecule has 102 valence electrons. The van der Waals surface area contributed by atoms with E-state index in [-0.39, 0.29) is 6.54 Å². The summed E-state index contributed by atoms with van der Waals surface area (Å²) in [5.41, 5.74) is 0.969. The molecule has 0 heterocycles. The fraction of sp³-hybridized carbons (Fsp3) is 0.385. The van der Waals surface area contributed by atoms with Crippen molar-refractivity contribution in [1.29, 1.82) is 0 Å². The van der Waals surface area contributed by atoms with Gasteiger partial charge in [-0.3, -0.25) is 20.2 Å². The average molecular weight is 264 g/mol. The van der Waals surface area contributed by atoms with E-state index in [1.807, 2.05) is 36.4 Å². The Balaban J connectivity index is 2.65. The highest BCUT2D eigenvalue weighted by atomic mass is 16.6. The van der Waals surface area contributed by atoms with Gasteiger partial charge in [-0.1, -0.05) is 42.5 Å². The second-order valence-electron chi connectivity index (χ2n) is 4.35. The number of nitro groups is 2. The van der Waals surface area contributed by atoms with Gasteiger partial charge in [-0.25, -0.2) is 0 Å². The molecule has 2 atom stereocenters. The molecule has 1 aromatic rings. The van der Waals surface area contributed by atoms with Gasteiger partial charge < -0.3 is 0 Å². The number of benzene rings is 1. The minimum absolute atomic E-state index is 0.317. The first-order chi connectivity index (χ1) is 9.00. The van der Waals surface area contributed by atoms with Crippen LogP contribution in [0, 0.1) is 26.1 Å². The number of nitrogens with zero attached hydrogens (tertiary/aromatic N) is 2.